The number of piperazine rings is 1. The first-order valence-corrected chi connectivity index (χ1v) is 15.8. The molecule has 0 N–H and O–H groups in total. The zero-order valence-electron chi connectivity index (χ0n) is 23.8. The van der Waals surface area contributed by atoms with Gasteiger partial charge in [0, 0.05) is 31.7 Å². The number of oxazole rings is 1. The highest BCUT2D eigenvalue weighted by Gasteiger charge is 2.34. The molecular formula is C34H32FN3O4S. The van der Waals surface area contributed by atoms with E-state index in [1.807, 2.05) is 48.2 Å². The molecule has 0 aliphatic carbocycles. The maximum atomic E-state index is 13.8. The lowest BCUT2D eigenvalue weighted by Crippen LogP contribution is -2.48. The fourth-order valence-electron chi connectivity index (χ4n) is 5.45. The van der Waals surface area contributed by atoms with Crippen LogP contribution in [0.2, 0.25) is 0 Å². The number of ether oxygens (including phenoxy) is 1. The highest BCUT2D eigenvalue weighted by molar-refractivity contribution is 7.91. The summed E-state index contributed by atoms with van der Waals surface area (Å²) in [6, 6.07) is 32.7. The predicted molar refractivity (Wildman–Crippen MR) is 163 cm³/mol. The molecule has 1 aromatic heterocycles. The topological polar surface area (TPSA) is 75.9 Å². The van der Waals surface area contributed by atoms with E-state index in [1.165, 1.54) is 23.3 Å². The van der Waals surface area contributed by atoms with Crippen LogP contribution in [0.15, 0.2) is 124 Å². The summed E-state index contributed by atoms with van der Waals surface area (Å²) >= 11 is 0. The standard InChI is InChI=1S/C34H32FN3O4S/c1-2-41-29-17-13-27(14-18-29)32-36-33(43(39,40)30-19-15-28(35)16-20-30)34(42-32)38-23-21-37(22-24-38)31(25-9-5-3-6-10-25)26-11-7-4-8-12-26/h3-20,31H,2,21-24H2,1H3. The maximum Gasteiger partial charge on any atom is 0.236 e. The second kappa shape index (κ2) is 12.4. The van der Waals surface area contributed by atoms with Crippen LogP contribution in [-0.2, 0) is 9.84 Å². The van der Waals surface area contributed by atoms with Crippen LogP contribution in [0.1, 0.15) is 24.1 Å². The van der Waals surface area contributed by atoms with Gasteiger partial charge >= 0.3 is 0 Å². The molecule has 9 heteroatoms. The molecule has 0 bridgehead atoms. The average Bonchev–Trinajstić information content (AvgIpc) is 3.50. The van der Waals surface area contributed by atoms with Crippen LogP contribution in [0.4, 0.5) is 10.3 Å². The molecule has 2 heterocycles. The van der Waals surface area contributed by atoms with Crippen LogP contribution in [-0.4, -0.2) is 51.1 Å². The highest BCUT2D eigenvalue weighted by atomic mass is 32.2. The number of halogens is 1. The van der Waals surface area contributed by atoms with E-state index in [0.29, 0.717) is 44.1 Å². The molecule has 0 amide bonds. The smallest absolute Gasteiger partial charge is 0.236 e. The number of sulfone groups is 1. The van der Waals surface area contributed by atoms with Crippen LogP contribution in [0.3, 0.4) is 0 Å². The van der Waals surface area contributed by atoms with Gasteiger partial charge in [-0.3, -0.25) is 4.90 Å². The Morgan fingerprint density at radius 3 is 1.95 bits per heavy atom. The van der Waals surface area contributed by atoms with Gasteiger partial charge in [-0.2, -0.15) is 4.98 Å². The summed E-state index contributed by atoms with van der Waals surface area (Å²) in [7, 11) is -4.11. The molecule has 0 radical (unpaired) electrons. The van der Waals surface area contributed by atoms with Crippen molar-refractivity contribution >= 4 is 15.7 Å². The first kappa shape index (κ1) is 28.6. The highest BCUT2D eigenvalue weighted by Crippen LogP contribution is 2.37. The van der Waals surface area contributed by atoms with E-state index in [0.717, 1.165) is 12.1 Å². The molecule has 0 spiro atoms. The van der Waals surface area contributed by atoms with E-state index in [9.17, 15) is 12.8 Å². The molecule has 220 valence electrons. The number of aromatic nitrogens is 1. The average molecular weight is 598 g/mol. The van der Waals surface area contributed by atoms with Gasteiger partial charge in [-0.05, 0) is 66.6 Å². The number of benzene rings is 4. The molecule has 5 aromatic rings. The van der Waals surface area contributed by atoms with Gasteiger partial charge in [0.1, 0.15) is 11.6 Å². The summed E-state index contributed by atoms with van der Waals surface area (Å²) in [6.07, 6.45) is 0. The van der Waals surface area contributed by atoms with Gasteiger partial charge in [-0.15, -0.1) is 0 Å². The summed E-state index contributed by atoms with van der Waals surface area (Å²) in [4.78, 5) is 8.80. The zero-order valence-corrected chi connectivity index (χ0v) is 24.6. The monoisotopic (exact) mass is 597 g/mol. The van der Waals surface area contributed by atoms with Crippen LogP contribution in [0, 0.1) is 5.82 Å². The molecule has 1 aliphatic heterocycles. The van der Waals surface area contributed by atoms with Crippen molar-refractivity contribution in [3.05, 3.63) is 126 Å². The molecule has 1 aliphatic rings. The molecular weight excluding hydrogens is 565 g/mol. The summed E-state index contributed by atoms with van der Waals surface area (Å²) < 4.78 is 53.1. The molecule has 43 heavy (non-hydrogen) atoms. The Bertz CT molecular complexity index is 1710. The Morgan fingerprint density at radius 1 is 0.814 bits per heavy atom. The molecule has 0 saturated carbocycles. The second-order valence-electron chi connectivity index (χ2n) is 10.3. The Kier molecular flexibility index (Phi) is 8.26. The largest absolute Gasteiger partial charge is 0.494 e. The summed E-state index contributed by atoms with van der Waals surface area (Å²) in [5, 5.41) is -0.181. The first-order chi connectivity index (χ1) is 20.9. The number of rotatable bonds is 9. The molecule has 7 nitrogen and oxygen atoms in total. The van der Waals surface area contributed by atoms with Crippen LogP contribution < -0.4 is 9.64 Å². The Balaban J connectivity index is 1.33. The fraction of sp³-hybridized carbons (Fsp3) is 0.206. The first-order valence-electron chi connectivity index (χ1n) is 14.3. The maximum absolute atomic E-state index is 13.8. The molecule has 0 atom stereocenters. The van der Waals surface area contributed by atoms with E-state index < -0.39 is 15.7 Å². The van der Waals surface area contributed by atoms with Gasteiger partial charge in [-0.25, -0.2) is 12.8 Å². The Morgan fingerprint density at radius 2 is 1.40 bits per heavy atom. The van der Waals surface area contributed by atoms with Crippen molar-refractivity contribution < 1.29 is 22.0 Å². The van der Waals surface area contributed by atoms with E-state index in [2.05, 4.69) is 34.1 Å². The van der Waals surface area contributed by atoms with Crippen molar-refractivity contribution in [1.29, 1.82) is 0 Å². The van der Waals surface area contributed by atoms with Gasteiger partial charge < -0.3 is 14.1 Å². The minimum atomic E-state index is -4.11. The van der Waals surface area contributed by atoms with Crippen LogP contribution >= 0.6 is 0 Å². The third-order valence-corrected chi connectivity index (χ3v) is 9.24. The molecule has 6 rings (SSSR count). The van der Waals surface area contributed by atoms with Gasteiger partial charge in [0.25, 0.3) is 0 Å². The second-order valence-corrected chi connectivity index (χ2v) is 12.2. The molecule has 1 fully saturated rings. The number of hydrogen-bond acceptors (Lipinski definition) is 7. The van der Waals surface area contributed by atoms with Crippen molar-refractivity contribution in [3.63, 3.8) is 0 Å². The lowest BCUT2D eigenvalue weighted by molar-refractivity contribution is 0.209. The lowest BCUT2D eigenvalue weighted by Gasteiger charge is -2.39. The zero-order chi connectivity index (χ0) is 29.8. The Labute approximate surface area is 251 Å². The SMILES string of the molecule is CCOc1ccc(-c2nc(S(=O)(=O)c3ccc(F)cc3)c(N3CCN(C(c4ccccc4)c4ccccc4)CC3)o2)cc1. The van der Waals surface area contributed by atoms with Crippen molar-refractivity contribution in [2.24, 2.45) is 0 Å². The van der Waals surface area contributed by atoms with E-state index in [1.54, 1.807) is 24.3 Å². The Hall–Kier alpha value is -4.47. The molecule has 4 aromatic carbocycles. The van der Waals surface area contributed by atoms with Crippen molar-refractivity contribution in [2.75, 3.05) is 37.7 Å². The normalized spacial score (nSPS) is 14.3. The predicted octanol–water partition coefficient (Wildman–Crippen LogP) is 6.62. The number of hydrogen-bond donors (Lipinski definition) is 0. The quantitative estimate of drug-likeness (QED) is 0.177. The minimum Gasteiger partial charge on any atom is -0.494 e. The van der Waals surface area contributed by atoms with Crippen molar-refractivity contribution in [2.45, 2.75) is 22.9 Å². The van der Waals surface area contributed by atoms with E-state index in [-0.39, 0.29) is 27.7 Å². The van der Waals surface area contributed by atoms with Gasteiger partial charge in [0.05, 0.1) is 17.5 Å². The summed E-state index contributed by atoms with van der Waals surface area (Å²) in [5.41, 5.74) is 3.01. The third kappa shape index (κ3) is 6.04. The number of nitrogens with zero attached hydrogens (tertiary/aromatic N) is 3. The third-order valence-electron chi connectivity index (χ3n) is 7.57. The molecule has 0 unspecified atom stereocenters. The summed E-state index contributed by atoms with van der Waals surface area (Å²) in [6.45, 7) is 4.83. The lowest BCUT2D eigenvalue weighted by atomic mass is 9.96. The molecule has 1 saturated heterocycles. The number of anilines is 1. The fourth-order valence-corrected chi connectivity index (χ4v) is 6.77. The van der Waals surface area contributed by atoms with E-state index in [4.69, 9.17) is 9.15 Å². The van der Waals surface area contributed by atoms with Crippen molar-refractivity contribution in [1.82, 2.24) is 9.88 Å². The van der Waals surface area contributed by atoms with Crippen LogP contribution in [0.25, 0.3) is 11.5 Å². The minimum absolute atomic E-state index is 0.0476. The van der Waals surface area contributed by atoms with Gasteiger partial charge in [0.2, 0.25) is 26.6 Å². The van der Waals surface area contributed by atoms with Crippen LogP contribution in [0.5, 0.6) is 5.75 Å². The van der Waals surface area contributed by atoms with E-state index >= 15 is 0 Å². The van der Waals surface area contributed by atoms with Gasteiger partial charge in [-0.1, -0.05) is 60.7 Å². The summed E-state index contributed by atoms with van der Waals surface area (Å²) in [5.74, 6) is 0.549. The van der Waals surface area contributed by atoms with Gasteiger partial charge in [0.15, 0.2) is 0 Å². The van der Waals surface area contributed by atoms with Crippen molar-refractivity contribution in [3.8, 4) is 17.2 Å².